The Morgan fingerprint density at radius 3 is 2.76 bits per heavy atom. The molecule has 3 rings (SSSR count). The standard InChI is InChI=1S/C17H29N3S/c1-5-12(2)15-14(10-18-13-6-7-13)21-16(19-15)20-9-8-17(3,4)11-20/h12-13,18H,5-11H2,1-4H3. The van der Waals surface area contributed by atoms with Gasteiger partial charge in [-0.25, -0.2) is 4.98 Å². The number of hydrogen-bond donors (Lipinski definition) is 1. The first-order valence-corrected chi connectivity index (χ1v) is 9.28. The Balaban J connectivity index is 1.77. The van der Waals surface area contributed by atoms with Crippen molar-refractivity contribution in [2.24, 2.45) is 5.41 Å². The summed E-state index contributed by atoms with van der Waals surface area (Å²) in [5, 5.41) is 4.92. The lowest BCUT2D eigenvalue weighted by Gasteiger charge is -2.18. The van der Waals surface area contributed by atoms with E-state index in [9.17, 15) is 0 Å². The van der Waals surface area contributed by atoms with Crippen molar-refractivity contribution in [1.29, 1.82) is 0 Å². The molecule has 1 aliphatic heterocycles. The summed E-state index contributed by atoms with van der Waals surface area (Å²) in [6, 6.07) is 0.769. The molecule has 3 nitrogen and oxygen atoms in total. The Morgan fingerprint density at radius 2 is 2.19 bits per heavy atom. The van der Waals surface area contributed by atoms with E-state index in [2.05, 4.69) is 37.9 Å². The van der Waals surface area contributed by atoms with Crippen LogP contribution in [0.15, 0.2) is 0 Å². The highest BCUT2D eigenvalue weighted by atomic mass is 32.1. The largest absolute Gasteiger partial charge is 0.348 e. The van der Waals surface area contributed by atoms with Crippen LogP contribution in [0.3, 0.4) is 0 Å². The number of nitrogens with zero attached hydrogens (tertiary/aromatic N) is 2. The van der Waals surface area contributed by atoms with Gasteiger partial charge < -0.3 is 10.2 Å². The van der Waals surface area contributed by atoms with Crippen molar-refractivity contribution in [3.05, 3.63) is 10.6 Å². The van der Waals surface area contributed by atoms with Gasteiger partial charge in [-0.1, -0.05) is 27.7 Å². The van der Waals surface area contributed by atoms with Gasteiger partial charge in [-0.15, -0.1) is 11.3 Å². The number of nitrogens with one attached hydrogen (secondary N) is 1. The van der Waals surface area contributed by atoms with Crippen LogP contribution in [-0.4, -0.2) is 24.1 Å². The Kier molecular flexibility index (Phi) is 4.28. The van der Waals surface area contributed by atoms with Crippen LogP contribution in [0, 0.1) is 5.41 Å². The molecule has 2 heterocycles. The maximum absolute atomic E-state index is 5.03. The van der Waals surface area contributed by atoms with Gasteiger partial charge in [0, 0.05) is 30.6 Å². The van der Waals surface area contributed by atoms with Crippen molar-refractivity contribution >= 4 is 16.5 Å². The number of rotatable bonds is 6. The van der Waals surface area contributed by atoms with Crippen LogP contribution in [0.5, 0.6) is 0 Å². The Morgan fingerprint density at radius 1 is 1.43 bits per heavy atom. The van der Waals surface area contributed by atoms with Crippen molar-refractivity contribution in [2.75, 3.05) is 18.0 Å². The lowest BCUT2D eigenvalue weighted by atomic mass is 9.93. The molecule has 1 N–H and O–H groups in total. The second-order valence-electron chi connectivity index (χ2n) is 7.61. The van der Waals surface area contributed by atoms with Crippen LogP contribution in [0.1, 0.15) is 69.9 Å². The fraction of sp³-hybridized carbons (Fsp3) is 0.824. The lowest BCUT2D eigenvalue weighted by molar-refractivity contribution is 0.418. The fourth-order valence-corrected chi connectivity index (χ4v) is 4.15. The monoisotopic (exact) mass is 307 g/mol. The predicted octanol–water partition coefficient (Wildman–Crippen LogP) is 4.14. The van der Waals surface area contributed by atoms with E-state index >= 15 is 0 Å². The summed E-state index contributed by atoms with van der Waals surface area (Å²) in [5.74, 6) is 0.571. The summed E-state index contributed by atoms with van der Waals surface area (Å²) in [6.07, 6.45) is 5.15. The minimum atomic E-state index is 0.439. The minimum absolute atomic E-state index is 0.439. The first-order valence-electron chi connectivity index (χ1n) is 8.46. The molecule has 4 heteroatoms. The van der Waals surface area contributed by atoms with Gasteiger partial charge in [0.1, 0.15) is 0 Å². The summed E-state index contributed by atoms with van der Waals surface area (Å²) < 4.78 is 0. The average Bonchev–Trinajstić information content (AvgIpc) is 3.07. The first-order chi connectivity index (χ1) is 9.98. The van der Waals surface area contributed by atoms with Crippen LogP contribution in [-0.2, 0) is 6.54 Å². The quantitative estimate of drug-likeness (QED) is 0.856. The molecule has 1 aromatic heterocycles. The molecular formula is C17H29N3S. The van der Waals surface area contributed by atoms with E-state index in [1.165, 1.54) is 41.4 Å². The maximum atomic E-state index is 5.03. The van der Waals surface area contributed by atoms with Crippen LogP contribution >= 0.6 is 11.3 Å². The fourth-order valence-electron chi connectivity index (χ4n) is 2.99. The molecule has 1 aliphatic carbocycles. The molecule has 0 spiro atoms. The van der Waals surface area contributed by atoms with Gasteiger partial charge in [-0.3, -0.25) is 0 Å². The Hall–Kier alpha value is -0.610. The zero-order valence-corrected chi connectivity index (χ0v) is 14.7. The van der Waals surface area contributed by atoms with E-state index in [0.29, 0.717) is 11.3 Å². The molecule has 2 fully saturated rings. The molecule has 0 radical (unpaired) electrons. The lowest BCUT2D eigenvalue weighted by Crippen LogP contribution is -2.22. The Labute approximate surface area is 133 Å². The van der Waals surface area contributed by atoms with Gasteiger partial charge >= 0.3 is 0 Å². The van der Waals surface area contributed by atoms with Crippen molar-refractivity contribution < 1.29 is 0 Å². The molecule has 0 amide bonds. The number of aromatic nitrogens is 1. The van der Waals surface area contributed by atoms with Gasteiger partial charge in [-0.2, -0.15) is 0 Å². The van der Waals surface area contributed by atoms with Gasteiger partial charge in [-0.05, 0) is 37.0 Å². The van der Waals surface area contributed by atoms with E-state index in [1.807, 2.05) is 11.3 Å². The highest BCUT2D eigenvalue weighted by Gasteiger charge is 2.32. The molecule has 1 unspecified atom stereocenters. The maximum Gasteiger partial charge on any atom is 0.185 e. The smallest absolute Gasteiger partial charge is 0.185 e. The van der Waals surface area contributed by atoms with Crippen molar-refractivity contribution in [3.63, 3.8) is 0 Å². The summed E-state index contributed by atoms with van der Waals surface area (Å²) in [4.78, 5) is 9.00. The van der Waals surface area contributed by atoms with Gasteiger partial charge in [0.05, 0.1) is 5.69 Å². The van der Waals surface area contributed by atoms with E-state index in [4.69, 9.17) is 4.98 Å². The third kappa shape index (κ3) is 3.59. The molecule has 1 saturated carbocycles. The molecule has 0 bridgehead atoms. The highest BCUT2D eigenvalue weighted by Crippen LogP contribution is 2.38. The topological polar surface area (TPSA) is 28.2 Å². The number of hydrogen-bond acceptors (Lipinski definition) is 4. The highest BCUT2D eigenvalue weighted by molar-refractivity contribution is 7.15. The average molecular weight is 308 g/mol. The van der Waals surface area contributed by atoms with Crippen molar-refractivity contribution in [3.8, 4) is 0 Å². The first kappa shape index (κ1) is 15.3. The SMILES string of the molecule is CCC(C)c1nc(N2CCC(C)(C)C2)sc1CNC1CC1. The third-order valence-corrected chi connectivity index (χ3v) is 6.00. The van der Waals surface area contributed by atoms with Crippen LogP contribution in [0.25, 0.3) is 0 Å². The van der Waals surface area contributed by atoms with Crippen LogP contribution < -0.4 is 10.2 Å². The molecule has 21 heavy (non-hydrogen) atoms. The summed E-state index contributed by atoms with van der Waals surface area (Å²) in [5.41, 5.74) is 1.78. The van der Waals surface area contributed by atoms with E-state index < -0.39 is 0 Å². The normalized spacial score (nSPS) is 22.8. The number of anilines is 1. The van der Waals surface area contributed by atoms with Gasteiger partial charge in [0.2, 0.25) is 0 Å². The van der Waals surface area contributed by atoms with Crippen molar-refractivity contribution in [1.82, 2.24) is 10.3 Å². The molecule has 2 aliphatic rings. The zero-order chi connectivity index (χ0) is 15.0. The molecule has 0 aromatic carbocycles. The number of thiazole rings is 1. The second-order valence-corrected chi connectivity index (χ2v) is 8.67. The van der Waals surface area contributed by atoms with Gasteiger partial charge in [0.25, 0.3) is 0 Å². The predicted molar refractivity (Wildman–Crippen MR) is 91.3 cm³/mol. The van der Waals surface area contributed by atoms with E-state index in [-0.39, 0.29) is 0 Å². The minimum Gasteiger partial charge on any atom is -0.348 e. The van der Waals surface area contributed by atoms with E-state index in [0.717, 1.165) is 25.7 Å². The Bertz CT molecular complexity index is 490. The summed E-state index contributed by atoms with van der Waals surface area (Å²) in [6.45, 7) is 12.6. The van der Waals surface area contributed by atoms with Gasteiger partial charge in [0.15, 0.2) is 5.13 Å². The van der Waals surface area contributed by atoms with Crippen LogP contribution in [0.4, 0.5) is 5.13 Å². The summed E-state index contributed by atoms with van der Waals surface area (Å²) in [7, 11) is 0. The third-order valence-electron chi connectivity index (χ3n) is 4.87. The molecule has 1 atom stereocenters. The van der Waals surface area contributed by atoms with E-state index in [1.54, 1.807) is 0 Å². The van der Waals surface area contributed by atoms with Crippen LogP contribution in [0.2, 0.25) is 0 Å². The molecule has 1 saturated heterocycles. The zero-order valence-electron chi connectivity index (χ0n) is 13.9. The molecule has 1 aromatic rings. The summed E-state index contributed by atoms with van der Waals surface area (Å²) >= 11 is 1.92. The molecular weight excluding hydrogens is 278 g/mol. The second kappa shape index (κ2) is 5.88. The molecule has 118 valence electrons. The van der Waals surface area contributed by atoms with Crippen molar-refractivity contribution in [2.45, 2.75) is 71.9 Å².